The predicted octanol–water partition coefficient (Wildman–Crippen LogP) is 5.96. The maximum absolute atomic E-state index is 12.4. The maximum Gasteiger partial charge on any atom is 0.177 e. The summed E-state index contributed by atoms with van der Waals surface area (Å²) in [5, 5.41) is 0. The first-order valence-corrected chi connectivity index (χ1v) is 11.4. The summed E-state index contributed by atoms with van der Waals surface area (Å²) in [6, 6.07) is 18.8. The Morgan fingerprint density at radius 3 is 2.32 bits per heavy atom. The maximum atomic E-state index is 12.4. The Morgan fingerprint density at radius 1 is 0.893 bits per heavy atom. The van der Waals surface area contributed by atoms with E-state index in [2.05, 4.69) is 61.2 Å². The van der Waals surface area contributed by atoms with Crippen LogP contribution in [0.1, 0.15) is 24.8 Å². The largest absolute Gasteiger partial charge is 0.224 e. The molecule has 1 atom stereocenters. The van der Waals surface area contributed by atoms with Crippen LogP contribution in [0.2, 0.25) is 0 Å². The Hall–Kier alpha value is -2.65. The SMILES string of the molecule is C=C1C=C2C(c3ccc(-c4ccccc4)cc3)=CC=CCC2CCCS1(=O)=O. The molecule has 2 nitrogen and oxygen atoms in total. The van der Waals surface area contributed by atoms with E-state index in [-0.39, 0.29) is 10.7 Å². The number of hydrogen-bond acceptors (Lipinski definition) is 2. The van der Waals surface area contributed by atoms with Crippen LogP contribution in [0.4, 0.5) is 0 Å². The highest BCUT2D eigenvalue weighted by atomic mass is 32.2. The number of fused-ring (bicyclic) bond motifs is 1. The zero-order chi connectivity index (χ0) is 19.6. The molecule has 1 aliphatic heterocycles. The van der Waals surface area contributed by atoms with Gasteiger partial charge < -0.3 is 0 Å². The zero-order valence-corrected chi connectivity index (χ0v) is 16.7. The van der Waals surface area contributed by atoms with Crippen LogP contribution < -0.4 is 0 Å². The molecule has 1 unspecified atom stereocenters. The minimum atomic E-state index is -3.25. The average Bonchev–Trinajstić information content (AvgIpc) is 2.90. The van der Waals surface area contributed by atoms with E-state index in [1.807, 2.05) is 24.3 Å². The van der Waals surface area contributed by atoms with E-state index < -0.39 is 9.84 Å². The Balaban J connectivity index is 1.74. The van der Waals surface area contributed by atoms with Gasteiger partial charge in [0.1, 0.15) is 0 Å². The van der Waals surface area contributed by atoms with E-state index in [1.54, 1.807) is 0 Å². The number of allylic oxidation sites excluding steroid dienone is 6. The van der Waals surface area contributed by atoms with Gasteiger partial charge in [-0.25, -0.2) is 8.42 Å². The van der Waals surface area contributed by atoms with E-state index in [1.165, 1.54) is 11.1 Å². The first-order chi connectivity index (χ1) is 13.5. The van der Waals surface area contributed by atoms with E-state index in [0.717, 1.165) is 29.6 Å². The fourth-order valence-corrected chi connectivity index (χ4v) is 5.08. The molecule has 1 aliphatic carbocycles. The summed E-state index contributed by atoms with van der Waals surface area (Å²) in [5.74, 6) is 0.520. The Kier molecular flexibility index (Phi) is 5.19. The fraction of sp³-hybridized carbons (Fsp3) is 0.200. The van der Waals surface area contributed by atoms with Crippen molar-refractivity contribution in [3.8, 4) is 11.1 Å². The molecule has 0 amide bonds. The van der Waals surface area contributed by atoms with Crippen molar-refractivity contribution >= 4 is 15.4 Å². The molecule has 0 fully saturated rings. The highest BCUT2D eigenvalue weighted by Crippen LogP contribution is 2.38. The van der Waals surface area contributed by atoms with Crippen LogP contribution >= 0.6 is 0 Å². The Labute approximate surface area is 167 Å². The molecule has 0 saturated carbocycles. The lowest BCUT2D eigenvalue weighted by molar-refractivity contribution is 0.556. The first-order valence-electron chi connectivity index (χ1n) is 9.71. The van der Waals surface area contributed by atoms with Crippen LogP contribution in [0.5, 0.6) is 0 Å². The third-order valence-electron chi connectivity index (χ3n) is 5.56. The van der Waals surface area contributed by atoms with Crippen molar-refractivity contribution in [1.29, 1.82) is 0 Å². The normalized spacial score (nSPS) is 21.6. The third kappa shape index (κ3) is 3.81. The minimum absolute atomic E-state index is 0.195. The zero-order valence-electron chi connectivity index (χ0n) is 15.8. The molecule has 2 aromatic rings. The van der Waals surface area contributed by atoms with Crippen molar-refractivity contribution in [2.75, 3.05) is 5.75 Å². The highest BCUT2D eigenvalue weighted by molar-refractivity contribution is 7.95. The van der Waals surface area contributed by atoms with Crippen LogP contribution in [0.25, 0.3) is 16.7 Å². The summed E-state index contributed by atoms with van der Waals surface area (Å²) >= 11 is 0. The smallest absolute Gasteiger partial charge is 0.177 e. The van der Waals surface area contributed by atoms with Gasteiger partial charge in [0.05, 0.1) is 10.7 Å². The van der Waals surface area contributed by atoms with Gasteiger partial charge in [0, 0.05) is 0 Å². The van der Waals surface area contributed by atoms with E-state index >= 15 is 0 Å². The van der Waals surface area contributed by atoms with Crippen molar-refractivity contribution in [2.24, 2.45) is 5.92 Å². The van der Waals surface area contributed by atoms with Gasteiger partial charge in [-0.05, 0) is 59.1 Å². The lowest BCUT2D eigenvalue weighted by Crippen LogP contribution is -2.15. The van der Waals surface area contributed by atoms with Crippen molar-refractivity contribution in [3.05, 3.63) is 102 Å². The predicted molar refractivity (Wildman–Crippen MR) is 117 cm³/mol. The molecule has 1 heterocycles. The first kappa shape index (κ1) is 18.7. The molecule has 3 heteroatoms. The molecule has 2 aromatic carbocycles. The van der Waals surface area contributed by atoms with Crippen molar-refractivity contribution in [3.63, 3.8) is 0 Å². The van der Waals surface area contributed by atoms with Crippen LogP contribution in [0, 0.1) is 5.92 Å². The second-order valence-electron chi connectivity index (χ2n) is 7.41. The Bertz CT molecular complexity index is 1070. The summed E-state index contributed by atoms with van der Waals surface area (Å²) < 4.78 is 24.8. The molecule has 0 bridgehead atoms. The number of rotatable bonds is 2. The molecule has 0 radical (unpaired) electrons. The van der Waals surface area contributed by atoms with Gasteiger partial charge in [-0.1, -0.05) is 79.4 Å². The molecular weight excluding hydrogens is 364 g/mol. The topological polar surface area (TPSA) is 34.1 Å². The molecule has 4 rings (SSSR count). The highest BCUT2D eigenvalue weighted by Gasteiger charge is 2.25. The van der Waals surface area contributed by atoms with E-state index in [0.29, 0.717) is 12.3 Å². The van der Waals surface area contributed by atoms with E-state index in [9.17, 15) is 8.42 Å². The van der Waals surface area contributed by atoms with Gasteiger partial charge in [0.25, 0.3) is 0 Å². The molecule has 0 spiro atoms. The third-order valence-corrected chi connectivity index (χ3v) is 7.30. The minimum Gasteiger partial charge on any atom is -0.224 e. The van der Waals surface area contributed by atoms with Crippen LogP contribution in [0.3, 0.4) is 0 Å². The van der Waals surface area contributed by atoms with Gasteiger partial charge in [0.15, 0.2) is 9.84 Å². The van der Waals surface area contributed by atoms with Gasteiger partial charge in [-0.15, -0.1) is 0 Å². The fourth-order valence-electron chi connectivity index (χ4n) is 3.97. The standard InChI is InChI=1S/C25H24O2S/c1-19-18-25-22(11-7-17-28(19,26)27)10-5-6-12-24(25)23-15-13-21(14-16-23)20-8-3-2-4-9-20/h2-6,8-9,12-16,18,22H,1,7,10-11,17H2. The second-order valence-corrected chi connectivity index (χ2v) is 9.57. The second kappa shape index (κ2) is 7.76. The van der Waals surface area contributed by atoms with Crippen molar-refractivity contribution < 1.29 is 8.42 Å². The van der Waals surface area contributed by atoms with Gasteiger partial charge in [-0.2, -0.15) is 0 Å². The average molecular weight is 389 g/mol. The van der Waals surface area contributed by atoms with E-state index in [4.69, 9.17) is 0 Å². The number of sulfone groups is 1. The van der Waals surface area contributed by atoms with Crippen molar-refractivity contribution in [1.82, 2.24) is 0 Å². The Morgan fingerprint density at radius 2 is 1.57 bits per heavy atom. The number of benzene rings is 2. The molecule has 28 heavy (non-hydrogen) atoms. The van der Waals surface area contributed by atoms with Crippen LogP contribution in [-0.4, -0.2) is 14.2 Å². The lowest BCUT2D eigenvalue weighted by atomic mass is 9.84. The van der Waals surface area contributed by atoms with Gasteiger partial charge in [-0.3, -0.25) is 0 Å². The summed E-state index contributed by atoms with van der Waals surface area (Å²) in [6.45, 7) is 3.86. The molecule has 2 aliphatic rings. The summed E-state index contributed by atoms with van der Waals surface area (Å²) in [4.78, 5) is 0.237. The summed E-state index contributed by atoms with van der Waals surface area (Å²) in [6.07, 6.45) is 10.7. The number of hydrogen-bond donors (Lipinski definition) is 0. The summed E-state index contributed by atoms with van der Waals surface area (Å²) in [5.41, 5.74) is 5.64. The molecule has 142 valence electrons. The quantitative estimate of drug-likeness (QED) is 0.636. The van der Waals surface area contributed by atoms with Crippen LogP contribution in [-0.2, 0) is 9.84 Å². The van der Waals surface area contributed by atoms with Gasteiger partial charge in [0.2, 0.25) is 0 Å². The molecule has 0 saturated heterocycles. The molecule has 0 N–H and O–H groups in total. The monoisotopic (exact) mass is 388 g/mol. The lowest BCUT2D eigenvalue weighted by Gasteiger charge is -2.24. The van der Waals surface area contributed by atoms with Gasteiger partial charge >= 0.3 is 0 Å². The molecular formula is C25H24O2S. The van der Waals surface area contributed by atoms with Crippen molar-refractivity contribution in [2.45, 2.75) is 19.3 Å². The molecule has 0 aromatic heterocycles. The summed E-state index contributed by atoms with van der Waals surface area (Å²) in [7, 11) is -3.25. The van der Waals surface area contributed by atoms with Crippen LogP contribution in [0.15, 0.2) is 96.0 Å².